The molecule has 0 fully saturated rings. The lowest BCUT2D eigenvalue weighted by Gasteiger charge is -2.28. The zero-order chi connectivity index (χ0) is 20.3. The second-order valence-electron chi connectivity index (χ2n) is 6.57. The fourth-order valence-electron chi connectivity index (χ4n) is 2.69. The third-order valence-electron chi connectivity index (χ3n) is 4.32. The number of carbonyl (C=O) groups is 2. The molecule has 1 amide bonds. The molecule has 2 aliphatic heterocycles. The molecule has 3 rings (SSSR count). The first-order chi connectivity index (χ1) is 13.2. The Labute approximate surface area is 163 Å². The number of esters is 1. The average molecular weight is 403 g/mol. The van der Waals surface area contributed by atoms with Crippen molar-refractivity contribution in [2.45, 2.75) is 26.5 Å². The molecule has 9 heteroatoms. The van der Waals surface area contributed by atoms with Crippen LogP contribution >= 0.6 is 0 Å². The molecule has 0 aromatic heterocycles. The zero-order valence-corrected chi connectivity index (χ0v) is 16.4. The fourth-order valence-corrected chi connectivity index (χ4v) is 3.68. The van der Waals surface area contributed by atoms with Gasteiger partial charge in [0.15, 0.2) is 11.9 Å². The highest BCUT2D eigenvalue weighted by molar-refractivity contribution is 7.90. The Kier molecular flexibility index (Phi) is 5.64. The third-order valence-corrected chi connectivity index (χ3v) is 5.47. The Morgan fingerprint density at radius 3 is 2.71 bits per heavy atom. The van der Waals surface area contributed by atoms with Gasteiger partial charge >= 0.3 is 5.97 Å². The summed E-state index contributed by atoms with van der Waals surface area (Å²) in [5, 5.41) is 2.71. The van der Waals surface area contributed by atoms with E-state index in [1.165, 1.54) is 13.0 Å². The van der Waals surface area contributed by atoms with E-state index in [4.69, 9.17) is 4.74 Å². The summed E-state index contributed by atoms with van der Waals surface area (Å²) in [5.74, 6) is -1.36. The van der Waals surface area contributed by atoms with Crippen LogP contribution in [0, 0.1) is 6.92 Å². The van der Waals surface area contributed by atoms with Crippen LogP contribution in [0.15, 0.2) is 52.6 Å². The summed E-state index contributed by atoms with van der Waals surface area (Å²) >= 11 is 0. The van der Waals surface area contributed by atoms with Crippen LogP contribution in [0.25, 0.3) is 0 Å². The molecule has 1 N–H and O–H groups in total. The maximum Gasteiger partial charge on any atom is 0.342 e. The Balaban J connectivity index is 1.62. The predicted octanol–water partition coefficient (Wildman–Crippen LogP) is 1.04. The van der Waals surface area contributed by atoms with Gasteiger partial charge in [0, 0.05) is 19.3 Å². The van der Waals surface area contributed by atoms with Crippen LogP contribution in [-0.2, 0) is 30.9 Å². The Hall–Kier alpha value is -2.94. The van der Waals surface area contributed by atoms with Gasteiger partial charge in [-0.25, -0.2) is 13.2 Å². The van der Waals surface area contributed by atoms with Crippen LogP contribution in [0.1, 0.15) is 18.1 Å². The van der Waals surface area contributed by atoms with E-state index in [2.05, 4.69) is 9.71 Å². The van der Waals surface area contributed by atoms with Gasteiger partial charge in [-0.3, -0.25) is 4.79 Å². The second-order valence-corrected chi connectivity index (χ2v) is 8.32. The molecule has 0 bridgehead atoms. The molecule has 8 nitrogen and oxygen atoms in total. The van der Waals surface area contributed by atoms with Crippen LogP contribution in [0.2, 0.25) is 0 Å². The van der Waals surface area contributed by atoms with Crippen molar-refractivity contribution in [3.8, 4) is 0 Å². The molecule has 1 atom stereocenters. The Morgan fingerprint density at radius 2 is 2.00 bits per heavy atom. The number of benzene rings is 1. The molecule has 0 saturated heterocycles. The molecule has 28 heavy (non-hydrogen) atoms. The number of sulfonamides is 1. The molecule has 2 aliphatic rings. The van der Waals surface area contributed by atoms with Gasteiger partial charge in [0.1, 0.15) is 5.57 Å². The first-order valence-electron chi connectivity index (χ1n) is 8.77. The molecular formula is C19H21N3O5S. The predicted molar refractivity (Wildman–Crippen MR) is 104 cm³/mol. The lowest BCUT2D eigenvalue weighted by Crippen LogP contribution is -2.41. The van der Waals surface area contributed by atoms with Crippen molar-refractivity contribution in [3.05, 3.63) is 59.3 Å². The molecule has 1 aromatic rings. The fraction of sp³-hybridized carbons (Fsp3) is 0.316. The minimum absolute atomic E-state index is 0.00367. The van der Waals surface area contributed by atoms with Crippen molar-refractivity contribution < 1.29 is 22.7 Å². The first-order valence-corrected chi connectivity index (χ1v) is 10.4. The first kappa shape index (κ1) is 19.8. The molecule has 0 unspecified atom stereocenters. The van der Waals surface area contributed by atoms with Gasteiger partial charge in [0.2, 0.25) is 0 Å². The number of carbonyl (C=O) groups excluding carboxylic acids is 2. The SMILES string of the molecule is Cc1ccc(CNC(=O)[C@H](C)OC(=O)C2=CC=CN3CCS(=O)(=O)N=C23)cc1. The van der Waals surface area contributed by atoms with Crippen LogP contribution in [0.4, 0.5) is 0 Å². The molecule has 1 aromatic carbocycles. The summed E-state index contributed by atoms with van der Waals surface area (Å²) in [7, 11) is -3.62. The third kappa shape index (κ3) is 4.66. The molecule has 0 saturated carbocycles. The summed E-state index contributed by atoms with van der Waals surface area (Å²) < 4.78 is 32.4. The van der Waals surface area contributed by atoms with Crippen LogP contribution < -0.4 is 5.32 Å². The minimum Gasteiger partial charge on any atom is -0.449 e. The van der Waals surface area contributed by atoms with Crippen LogP contribution in [0.5, 0.6) is 0 Å². The van der Waals surface area contributed by atoms with Gasteiger partial charge in [0.05, 0.1) is 5.75 Å². The number of ether oxygens (including phenoxy) is 1. The quantitative estimate of drug-likeness (QED) is 0.737. The number of amidine groups is 1. The average Bonchev–Trinajstić information content (AvgIpc) is 2.66. The number of allylic oxidation sites excluding steroid dienone is 2. The number of amides is 1. The Morgan fingerprint density at radius 1 is 1.29 bits per heavy atom. The number of aryl methyl sites for hydroxylation is 1. The Bertz CT molecular complexity index is 977. The van der Waals surface area contributed by atoms with Gasteiger partial charge in [-0.15, -0.1) is 4.40 Å². The summed E-state index contributed by atoms with van der Waals surface area (Å²) in [4.78, 5) is 26.3. The highest BCUT2D eigenvalue weighted by atomic mass is 32.2. The molecule has 0 radical (unpaired) electrons. The summed E-state index contributed by atoms with van der Waals surface area (Å²) in [6.07, 6.45) is 3.63. The van der Waals surface area contributed by atoms with Gasteiger partial charge in [-0.1, -0.05) is 29.8 Å². The van der Waals surface area contributed by atoms with Crippen molar-refractivity contribution >= 4 is 27.7 Å². The van der Waals surface area contributed by atoms with Gasteiger partial charge in [-0.2, -0.15) is 0 Å². The molecule has 148 valence electrons. The molecular weight excluding hydrogens is 382 g/mol. The van der Waals surface area contributed by atoms with Gasteiger partial charge < -0.3 is 15.0 Å². The number of nitrogens with one attached hydrogen (secondary N) is 1. The van der Waals surface area contributed by atoms with E-state index in [1.807, 2.05) is 31.2 Å². The van der Waals surface area contributed by atoms with Crippen LogP contribution in [0.3, 0.4) is 0 Å². The number of hydrogen-bond donors (Lipinski definition) is 1. The van der Waals surface area contributed by atoms with E-state index in [1.54, 1.807) is 17.2 Å². The largest absolute Gasteiger partial charge is 0.449 e. The monoisotopic (exact) mass is 403 g/mol. The van der Waals surface area contributed by atoms with Crippen LogP contribution in [-0.4, -0.2) is 49.4 Å². The second kappa shape index (κ2) is 7.97. The summed E-state index contributed by atoms with van der Waals surface area (Å²) in [5.41, 5.74) is 2.05. The number of hydrogen-bond acceptors (Lipinski definition) is 6. The highest BCUT2D eigenvalue weighted by Gasteiger charge is 2.32. The van der Waals surface area contributed by atoms with E-state index in [9.17, 15) is 18.0 Å². The maximum absolute atomic E-state index is 12.5. The van der Waals surface area contributed by atoms with Gasteiger partial charge in [-0.05, 0) is 31.6 Å². The summed E-state index contributed by atoms with van der Waals surface area (Å²) in [6.45, 7) is 3.95. The standard InChI is InChI=1S/C19H21N3O5S/c1-13-5-7-15(8-6-13)12-20-18(23)14(2)27-19(24)16-4-3-9-22-10-11-28(25,26)21-17(16)22/h3-9,14H,10-12H2,1-2H3,(H,20,23)/t14-/m0/s1. The van der Waals surface area contributed by atoms with Crippen molar-refractivity contribution in [1.29, 1.82) is 0 Å². The molecule has 0 aliphatic carbocycles. The minimum atomic E-state index is -3.62. The maximum atomic E-state index is 12.5. The van der Waals surface area contributed by atoms with Crippen molar-refractivity contribution in [3.63, 3.8) is 0 Å². The van der Waals surface area contributed by atoms with Crippen molar-refractivity contribution in [2.24, 2.45) is 4.40 Å². The zero-order valence-electron chi connectivity index (χ0n) is 15.6. The molecule has 2 heterocycles. The van der Waals surface area contributed by atoms with E-state index >= 15 is 0 Å². The molecule has 0 spiro atoms. The van der Waals surface area contributed by atoms with Crippen molar-refractivity contribution in [1.82, 2.24) is 10.2 Å². The highest BCUT2D eigenvalue weighted by Crippen LogP contribution is 2.19. The van der Waals surface area contributed by atoms with E-state index < -0.39 is 28.0 Å². The lowest BCUT2D eigenvalue weighted by molar-refractivity contribution is -0.150. The van der Waals surface area contributed by atoms with Gasteiger partial charge in [0.25, 0.3) is 15.9 Å². The van der Waals surface area contributed by atoms with Crippen molar-refractivity contribution in [2.75, 3.05) is 12.3 Å². The number of fused-ring (bicyclic) bond motifs is 1. The van der Waals surface area contributed by atoms with E-state index in [0.717, 1.165) is 11.1 Å². The van der Waals surface area contributed by atoms with E-state index in [-0.39, 0.29) is 23.7 Å². The lowest BCUT2D eigenvalue weighted by atomic mass is 10.1. The number of nitrogens with zero attached hydrogens (tertiary/aromatic N) is 2. The smallest absolute Gasteiger partial charge is 0.342 e. The van der Waals surface area contributed by atoms with E-state index in [0.29, 0.717) is 6.54 Å². The topological polar surface area (TPSA) is 105 Å². The number of rotatable bonds is 5. The normalized spacial score (nSPS) is 18.4. The summed E-state index contributed by atoms with van der Waals surface area (Å²) in [6, 6.07) is 7.70.